The van der Waals surface area contributed by atoms with E-state index in [1.807, 2.05) is 18.2 Å². The second kappa shape index (κ2) is 9.53. The maximum Gasteiger partial charge on any atom is 0.416 e. The lowest BCUT2D eigenvalue weighted by Crippen LogP contribution is -2.44. The van der Waals surface area contributed by atoms with Gasteiger partial charge in [0.1, 0.15) is 0 Å². The monoisotopic (exact) mass is 439 g/mol. The van der Waals surface area contributed by atoms with Crippen LogP contribution in [-0.2, 0) is 12.7 Å². The van der Waals surface area contributed by atoms with Gasteiger partial charge in [0.25, 0.3) is 5.91 Å². The highest BCUT2D eigenvalue weighted by atomic mass is 19.4. The van der Waals surface area contributed by atoms with E-state index in [1.54, 1.807) is 24.3 Å². The standard InChI is InChI=1S/C25H24F3N3O/c26-25(27,28)21-10-13-29-23(16-21)19-6-8-20(9-7-19)24(32)30-22-11-14-31(15-12-22)17-18-4-2-1-3-5-18/h1-10,13,16,22H,11-12,14-15,17H2,(H,30,32). The Bertz CT molecular complexity index is 1040. The van der Waals surface area contributed by atoms with Crippen molar-refractivity contribution in [2.75, 3.05) is 13.1 Å². The predicted molar refractivity (Wildman–Crippen MR) is 117 cm³/mol. The zero-order valence-corrected chi connectivity index (χ0v) is 17.5. The molecule has 0 spiro atoms. The third-order valence-electron chi connectivity index (χ3n) is 5.70. The van der Waals surface area contributed by atoms with Crippen molar-refractivity contribution < 1.29 is 18.0 Å². The molecule has 3 aromatic rings. The quantitative estimate of drug-likeness (QED) is 0.597. The number of halogens is 3. The Morgan fingerprint density at radius 3 is 2.34 bits per heavy atom. The van der Waals surface area contributed by atoms with Crippen molar-refractivity contribution in [2.24, 2.45) is 0 Å². The fourth-order valence-corrected chi connectivity index (χ4v) is 3.90. The summed E-state index contributed by atoms with van der Waals surface area (Å²) in [5, 5.41) is 3.08. The topological polar surface area (TPSA) is 45.2 Å². The molecule has 4 rings (SSSR count). The van der Waals surface area contributed by atoms with Crippen LogP contribution in [0.2, 0.25) is 0 Å². The second-order valence-corrected chi connectivity index (χ2v) is 8.01. The minimum atomic E-state index is -4.42. The van der Waals surface area contributed by atoms with Crippen molar-refractivity contribution in [3.63, 3.8) is 0 Å². The number of hydrogen-bond acceptors (Lipinski definition) is 3. The molecular formula is C25H24F3N3O. The van der Waals surface area contributed by atoms with Gasteiger partial charge in [-0.15, -0.1) is 0 Å². The molecule has 0 radical (unpaired) electrons. The first kappa shape index (κ1) is 22.0. The number of carbonyl (C=O) groups excluding carboxylic acids is 1. The van der Waals surface area contributed by atoms with Gasteiger partial charge in [-0.25, -0.2) is 0 Å². The van der Waals surface area contributed by atoms with Gasteiger partial charge >= 0.3 is 6.18 Å². The first-order valence-electron chi connectivity index (χ1n) is 10.6. The normalized spacial score (nSPS) is 15.5. The molecular weight excluding hydrogens is 415 g/mol. The van der Waals surface area contributed by atoms with Crippen molar-refractivity contribution >= 4 is 5.91 Å². The molecule has 1 aliphatic rings. The lowest BCUT2D eigenvalue weighted by Gasteiger charge is -2.32. The summed E-state index contributed by atoms with van der Waals surface area (Å²) in [6.07, 6.45) is -1.52. The van der Waals surface area contributed by atoms with Gasteiger partial charge in [0, 0.05) is 43.0 Å². The first-order valence-corrected chi connectivity index (χ1v) is 10.6. The summed E-state index contributed by atoms with van der Waals surface area (Å²) in [5.74, 6) is -0.171. The number of nitrogens with zero attached hydrogens (tertiary/aromatic N) is 2. The molecule has 0 unspecified atom stereocenters. The molecule has 1 fully saturated rings. The van der Waals surface area contributed by atoms with Crippen LogP contribution in [0.4, 0.5) is 13.2 Å². The molecule has 4 nitrogen and oxygen atoms in total. The van der Waals surface area contributed by atoms with E-state index >= 15 is 0 Å². The Labute approximate surface area is 185 Å². The smallest absolute Gasteiger partial charge is 0.349 e. The predicted octanol–water partition coefficient (Wildman–Crippen LogP) is 5.16. The number of hydrogen-bond donors (Lipinski definition) is 1. The lowest BCUT2D eigenvalue weighted by atomic mass is 10.0. The fraction of sp³-hybridized carbons (Fsp3) is 0.280. The number of carbonyl (C=O) groups is 1. The number of likely N-dealkylation sites (tertiary alicyclic amines) is 1. The van der Waals surface area contributed by atoms with Crippen LogP contribution in [0.25, 0.3) is 11.3 Å². The minimum Gasteiger partial charge on any atom is -0.349 e. The highest BCUT2D eigenvalue weighted by Gasteiger charge is 2.30. The Morgan fingerprint density at radius 2 is 1.69 bits per heavy atom. The van der Waals surface area contributed by atoms with Gasteiger partial charge in [-0.2, -0.15) is 13.2 Å². The van der Waals surface area contributed by atoms with Crippen LogP contribution in [0, 0.1) is 0 Å². The maximum atomic E-state index is 12.9. The van der Waals surface area contributed by atoms with Gasteiger partial charge < -0.3 is 5.32 Å². The van der Waals surface area contributed by atoms with Crippen molar-refractivity contribution in [1.82, 2.24) is 15.2 Å². The highest BCUT2D eigenvalue weighted by molar-refractivity contribution is 5.94. The van der Waals surface area contributed by atoms with E-state index in [1.165, 1.54) is 5.56 Å². The van der Waals surface area contributed by atoms with Crippen LogP contribution in [0.1, 0.15) is 34.3 Å². The summed E-state index contributed by atoms with van der Waals surface area (Å²) in [7, 11) is 0. The molecule has 1 N–H and O–H groups in total. The average Bonchev–Trinajstić information content (AvgIpc) is 2.81. The lowest BCUT2D eigenvalue weighted by molar-refractivity contribution is -0.137. The van der Waals surface area contributed by atoms with Crippen LogP contribution in [0.15, 0.2) is 72.9 Å². The number of piperidine rings is 1. The molecule has 7 heteroatoms. The number of amides is 1. The molecule has 32 heavy (non-hydrogen) atoms. The van der Waals surface area contributed by atoms with E-state index in [0.717, 1.165) is 50.8 Å². The van der Waals surface area contributed by atoms with Crippen LogP contribution >= 0.6 is 0 Å². The van der Waals surface area contributed by atoms with E-state index in [2.05, 4.69) is 27.3 Å². The number of rotatable bonds is 5. The van der Waals surface area contributed by atoms with Crippen LogP contribution in [0.3, 0.4) is 0 Å². The first-order chi connectivity index (χ1) is 15.4. The molecule has 1 amide bonds. The maximum absolute atomic E-state index is 12.9. The minimum absolute atomic E-state index is 0.110. The summed E-state index contributed by atoms with van der Waals surface area (Å²) < 4.78 is 38.8. The van der Waals surface area contributed by atoms with Crippen molar-refractivity contribution in [2.45, 2.75) is 31.6 Å². The number of benzene rings is 2. The molecule has 2 aromatic carbocycles. The molecule has 0 aliphatic carbocycles. The van der Waals surface area contributed by atoms with Crippen molar-refractivity contribution in [3.8, 4) is 11.3 Å². The van der Waals surface area contributed by atoms with Gasteiger partial charge in [0.15, 0.2) is 0 Å². The molecule has 2 heterocycles. The van der Waals surface area contributed by atoms with Gasteiger partial charge in [-0.1, -0.05) is 42.5 Å². The number of nitrogens with one attached hydrogen (secondary N) is 1. The molecule has 0 bridgehead atoms. The fourth-order valence-electron chi connectivity index (χ4n) is 3.90. The third-order valence-corrected chi connectivity index (χ3v) is 5.70. The molecule has 166 valence electrons. The van der Waals surface area contributed by atoms with E-state index < -0.39 is 11.7 Å². The van der Waals surface area contributed by atoms with E-state index in [-0.39, 0.29) is 17.6 Å². The van der Waals surface area contributed by atoms with E-state index in [4.69, 9.17) is 0 Å². The SMILES string of the molecule is O=C(NC1CCN(Cc2ccccc2)CC1)c1ccc(-c2cc(C(F)(F)F)ccn2)cc1. The van der Waals surface area contributed by atoms with Gasteiger partial charge in [-0.3, -0.25) is 14.7 Å². The largest absolute Gasteiger partial charge is 0.416 e. The molecule has 0 saturated carbocycles. The average molecular weight is 439 g/mol. The van der Waals surface area contributed by atoms with Crippen molar-refractivity contribution in [1.29, 1.82) is 0 Å². The Kier molecular flexibility index (Phi) is 6.55. The van der Waals surface area contributed by atoms with Crippen LogP contribution in [0.5, 0.6) is 0 Å². The van der Waals surface area contributed by atoms with Gasteiger partial charge in [0.2, 0.25) is 0 Å². The zero-order valence-electron chi connectivity index (χ0n) is 17.5. The summed E-state index contributed by atoms with van der Waals surface area (Å²) >= 11 is 0. The van der Waals surface area contributed by atoms with Crippen LogP contribution < -0.4 is 5.32 Å². The molecule has 1 aromatic heterocycles. The summed E-state index contributed by atoms with van der Waals surface area (Å²) in [6, 6.07) is 18.9. The summed E-state index contributed by atoms with van der Waals surface area (Å²) in [5.41, 5.74) is 1.76. The second-order valence-electron chi connectivity index (χ2n) is 8.01. The van der Waals surface area contributed by atoms with E-state index in [9.17, 15) is 18.0 Å². The van der Waals surface area contributed by atoms with Crippen molar-refractivity contribution in [3.05, 3.63) is 89.6 Å². The van der Waals surface area contributed by atoms with Crippen LogP contribution in [-0.4, -0.2) is 34.9 Å². The number of pyridine rings is 1. The Morgan fingerprint density at radius 1 is 1.00 bits per heavy atom. The Hall–Kier alpha value is -3.19. The summed E-state index contributed by atoms with van der Waals surface area (Å²) in [6.45, 7) is 2.74. The Balaban J connectivity index is 1.32. The highest BCUT2D eigenvalue weighted by Crippen LogP contribution is 2.31. The molecule has 1 saturated heterocycles. The third kappa shape index (κ3) is 5.53. The van der Waals surface area contributed by atoms with Gasteiger partial charge in [0.05, 0.1) is 11.3 Å². The molecule has 1 aliphatic heterocycles. The number of alkyl halides is 3. The molecule has 0 atom stereocenters. The van der Waals surface area contributed by atoms with E-state index in [0.29, 0.717) is 11.1 Å². The summed E-state index contributed by atoms with van der Waals surface area (Å²) in [4.78, 5) is 19.0. The number of aromatic nitrogens is 1. The zero-order chi connectivity index (χ0) is 22.6. The van der Waals surface area contributed by atoms with Gasteiger partial charge in [-0.05, 0) is 42.7 Å².